The quantitative estimate of drug-likeness (QED) is 0.187. The van der Waals surface area contributed by atoms with E-state index in [0.29, 0.717) is 0 Å². The maximum Gasteiger partial charge on any atom is 0.0787 e. The molecule has 5 rings (SSSR count). The van der Waals surface area contributed by atoms with Gasteiger partial charge in [-0.15, -0.1) is 0 Å². The Labute approximate surface area is 235 Å². The standard InChI is InChI=1S/C35H33N.Ir/c1-22-13-10-18-29(25(22)4)32-21-36-35(28-16-8-7-9-17-28)34(31-20-12-15-24(3)27(31)6)33(32)30-19-11-14-23(2)26(30)5;/h7-21H,1-6H3;. The van der Waals surface area contributed by atoms with E-state index in [9.17, 15) is 0 Å². The Balaban J connectivity index is 0.00000320. The van der Waals surface area contributed by atoms with E-state index >= 15 is 0 Å². The summed E-state index contributed by atoms with van der Waals surface area (Å²) in [6.07, 6.45) is 2.09. The molecule has 187 valence electrons. The second-order valence-corrected chi connectivity index (χ2v) is 9.88. The van der Waals surface area contributed by atoms with Crippen LogP contribution in [0.3, 0.4) is 0 Å². The van der Waals surface area contributed by atoms with Crippen molar-refractivity contribution in [2.45, 2.75) is 41.5 Å². The van der Waals surface area contributed by atoms with Crippen molar-refractivity contribution in [3.63, 3.8) is 0 Å². The number of nitrogens with zero attached hydrogens (tertiary/aromatic N) is 1. The molecule has 0 saturated heterocycles. The van der Waals surface area contributed by atoms with Gasteiger partial charge < -0.3 is 0 Å². The first-order valence-electron chi connectivity index (χ1n) is 12.7. The van der Waals surface area contributed by atoms with Crippen LogP contribution < -0.4 is 0 Å². The fraction of sp³-hybridized carbons (Fsp3) is 0.171. The van der Waals surface area contributed by atoms with Crippen molar-refractivity contribution >= 4 is 0 Å². The Hall–Kier alpha value is -3.32. The van der Waals surface area contributed by atoms with Gasteiger partial charge in [-0.3, -0.25) is 4.98 Å². The fourth-order valence-corrected chi connectivity index (χ4v) is 5.16. The summed E-state index contributed by atoms with van der Waals surface area (Å²) < 4.78 is 0. The molecule has 0 aliphatic heterocycles. The molecular weight excluding hydrogens is 627 g/mol. The van der Waals surface area contributed by atoms with E-state index in [1.807, 2.05) is 0 Å². The average Bonchev–Trinajstić information content (AvgIpc) is 2.89. The number of aryl methyl sites for hydroxylation is 3. The van der Waals surface area contributed by atoms with Crippen molar-refractivity contribution in [3.05, 3.63) is 125 Å². The molecule has 2 heteroatoms. The third-order valence-corrected chi connectivity index (χ3v) is 7.77. The van der Waals surface area contributed by atoms with Crippen LogP contribution in [0.4, 0.5) is 0 Å². The topological polar surface area (TPSA) is 12.9 Å². The largest absolute Gasteiger partial charge is 0.255 e. The van der Waals surface area contributed by atoms with Gasteiger partial charge in [0, 0.05) is 48.6 Å². The van der Waals surface area contributed by atoms with Crippen LogP contribution in [0.2, 0.25) is 0 Å². The van der Waals surface area contributed by atoms with Gasteiger partial charge in [0.1, 0.15) is 0 Å². The van der Waals surface area contributed by atoms with Crippen LogP contribution in [0.25, 0.3) is 44.6 Å². The SMILES string of the molecule is Cc1cccc(-c2cnc(-c3ccccc3)c(-c3cccc(C)c3C)c2-c2cccc(C)c2C)c1C.[Ir]. The Morgan fingerprint density at radius 3 is 1.43 bits per heavy atom. The Bertz CT molecular complexity index is 1580. The molecule has 0 amide bonds. The van der Waals surface area contributed by atoms with E-state index in [0.717, 1.165) is 11.3 Å². The van der Waals surface area contributed by atoms with E-state index in [2.05, 4.69) is 133 Å². The summed E-state index contributed by atoms with van der Waals surface area (Å²) in [5.74, 6) is 0. The maximum atomic E-state index is 5.18. The fourth-order valence-electron chi connectivity index (χ4n) is 5.16. The van der Waals surface area contributed by atoms with Crippen LogP contribution in [0.5, 0.6) is 0 Å². The monoisotopic (exact) mass is 660 g/mol. The summed E-state index contributed by atoms with van der Waals surface area (Å²) in [5.41, 5.74) is 17.3. The first kappa shape index (κ1) is 26.7. The van der Waals surface area contributed by atoms with Crippen LogP contribution in [0.15, 0.2) is 91.1 Å². The molecule has 0 spiro atoms. The molecule has 0 bridgehead atoms. The molecule has 0 saturated carbocycles. The van der Waals surface area contributed by atoms with E-state index in [4.69, 9.17) is 4.98 Å². The minimum absolute atomic E-state index is 0. The van der Waals surface area contributed by atoms with E-state index in [1.54, 1.807) is 0 Å². The maximum absolute atomic E-state index is 5.18. The van der Waals surface area contributed by atoms with Gasteiger partial charge in [0.15, 0.2) is 0 Å². The number of benzene rings is 4. The summed E-state index contributed by atoms with van der Waals surface area (Å²) in [5, 5.41) is 0. The third-order valence-electron chi connectivity index (χ3n) is 7.77. The smallest absolute Gasteiger partial charge is 0.0787 e. The third kappa shape index (κ3) is 4.84. The van der Waals surface area contributed by atoms with Crippen molar-refractivity contribution in [3.8, 4) is 44.6 Å². The summed E-state index contributed by atoms with van der Waals surface area (Å²) in [7, 11) is 0. The molecule has 5 aromatic rings. The van der Waals surface area contributed by atoms with Gasteiger partial charge in [-0.05, 0) is 91.6 Å². The van der Waals surface area contributed by atoms with Gasteiger partial charge >= 0.3 is 0 Å². The molecule has 0 N–H and O–H groups in total. The molecule has 0 aliphatic carbocycles. The summed E-state index contributed by atoms with van der Waals surface area (Å²) >= 11 is 0. The Kier molecular flexibility index (Phi) is 7.93. The Morgan fingerprint density at radius 1 is 0.432 bits per heavy atom. The Morgan fingerprint density at radius 2 is 0.892 bits per heavy atom. The van der Waals surface area contributed by atoms with E-state index < -0.39 is 0 Å². The first-order chi connectivity index (χ1) is 17.4. The number of hydrogen-bond donors (Lipinski definition) is 0. The van der Waals surface area contributed by atoms with Crippen molar-refractivity contribution in [2.24, 2.45) is 0 Å². The van der Waals surface area contributed by atoms with Gasteiger partial charge in [-0.1, -0.05) is 84.9 Å². The summed E-state index contributed by atoms with van der Waals surface area (Å²) in [4.78, 5) is 5.18. The average molecular weight is 660 g/mol. The molecule has 1 nitrogen and oxygen atoms in total. The van der Waals surface area contributed by atoms with Crippen molar-refractivity contribution < 1.29 is 20.1 Å². The zero-order valence-electron chi connectivity index (χ0n) is 22.4. The molecule has 1 heterocycles. The zero-order valence-corrected chi connectivity index (χ0v) is 24.8. The first-order valence-corrected chi connectivity index (χ1v) is 12.7. The second kappa shape index (κ2) is 11.0. The molecule has 0 fully saturated rings. The summed E-state index contributed by atoms with van der Waals surface area (Å²) in [6.45, 7) is 13.3. The number of aromatic nitrogens is 1. The number of hydrogen-bond acceptors (Lipinski definition) is 1. The van der Waals surface area contributed by atoms with Gasteiger partial charge in [0.25, 0.3) is 0 Å². The van der Waals surface area contributed by atoms with E-state index in [1.165, 1.54) is 66.8 Å². The van der Waals surface area contributed by atoms with Gasteiger partial charge in [-0.25, -0.2) is 0 Å². The van der Waals surface area contributed by atoms with Crippen LogP contribution in [0, 0.1) is 41.5 Å². The normalized spacial score (nSPS) is 10.8. The van der Waals surface area contributed by atoms with Crippen LogP contribution >= 0.6 is 0 Å². The minimum Gasteiger partial charge on any atom is -0.255 e. The molecule has 0 atom stereocenters. The molecule has 37 heavy (non-hydrogen) atoms. The van der Waals surface area contributed by atoms with E-state index in [-0.39, 0.29) is 20.1 Å². The molecule has 0 aliphatic rings. The van der Waals surface area contributed by atoms with Crippen LogP contribution in [0.1, 0.15) is 33.4 Å². The van der Waals surface area contributed by atoms with Crippen LogP contribution in [-0.2, 0) is 20.1 Å². The summed E-state index contributed by atoms with van der Waals surface area (Å²) in [6, 6.07) is 30.5. The van der Waals surface area contributed by atoms with Crippen molar-refractivity contribution in [2.75, 3.05) is 0 Å². The van der Waals surface area contributed by atoms with Crippen molar-refractivity contribution in [1.82, 2.24) is 4.98 Å². The second-order valence-electron chi connectivity index (χ2n) is 9.88. The zero-order chi connectivity index (χ0) is 25.4. The predicted molar refractivity (Wildman–Crippen MR) is 154 cm³/mol. The van der Waals surface area contributed by atoms with Crippen LogP contribution in [-0.4, -0.2) is 4.98 Å². The van der Waals surface area contributed by atoms with Gasteiger partial charge in [0.05, 0.1) is 5.69 Å². The predicted octanol–water partition coefficient (Wildman–Crippen LogP) is 9.60. The molecule has 1 radical (unpaired) electrons. The minimum atomic E-state index is 0. The number of pyridine rings is 1. The number of rotatable bonds is 4. The van der Waals surface area contributed by atoms with Crippen molar-refractivity contribution in [1.29, 1.82) is 0 Å². The van der Waals surface area contributed by atoms with Gasteiger partial charge in [-0.2, -0.15) is 0 Å². The van der Waals surface area contributed by atoms with Gasteiger partial charge in [0.2, 0.25) is 0 Å². The molecule has 4 aromatic carbocycles. The molecule has 0 unspecified atom stereocenters. The molecular formula is C35H33IrN. The molecule has 1 aromatic heterocycles.